The molecule has 1 rings (SSSR count). The molecule has 5 heteroatoms. The van der Waals surface area contributed by atoms with E-state index in [2.05, 4.69) is 17.2 Å². The first kappa shape index (κ1) is 14.6. The Hall–Kier alpha value is -0.350. The number of aromatic nitrogens is 1. The molecule has 15 heavy (non-hydrogen) atoms. The zero-order chi connectivity index (χ0) is 10.4. The normalized spacial score (nSPS) is 11.9. The van der Waals surface area contributed by atoms with Gasteiger partial charge in [-0.25, -0.2) is 4.98 Å². The highest BCUT2D eigenvalue weighted by molar-refractivity contribution is 6.30. The largest absolute Gasteiger partial charge is 0.383 e. The van der Waals surface area contributed by atoms with Crippen molar-refractivity contribution in [2.75, 3.05) is 13.7 Å². The average Bonchev–Trinajstić information content (AvgIpc) is 2.17. The zero-order valence-corrected chi connectivity index (χ0v) is 10.4. The number of rotatable bonds is 5. The molecule has 0 aliphatic rings. The van der Waals surface area contributed by atoms with Crippen molar-refractivity contribution >= 4 is 24.0 Å². The summed E-state index contributed by atoms with van der Waals surface area (Å²) in [5.41, 5.74) is 1.01. The summed E-state index contributed by atoms with van der Waals surface area (Å²) in [5, 5.41) is 3.85. The predicted octanol–water partition coefficient (Wildman–Crippen LogP) is 2.28. The van der Waals surface area contributed by atoms with Gasteiger partial charge in [0.15, 0.2) is 0 Å². The average molecular weight is 251 g/mol. The molecule has 1 heterocycles. The number of methoxy groups -OCH3 is 1. The second-order valence-electron chi connectivity index (χ2n) is 3.19. The van der Waals surface area contributed by atoms with E-state index < -0.39 is 0 Å². The predicted molar refractivity (Wildman–Crippen MR) is 64.7 cm³/mol. The molecule has 0 aliphatic heterocycles. The first-order valence-electron chi connectivity index (χ1n) is 4.55. The van der Waals surface area contributed by atoms with E-state index in [9.17, 15) is 0 Å². The molecular formula is C10H16Cl2N2O. The zero-order valence-electron chi connectivity index (χ0n) is 8.87. The molecule has 0 spiro atoms. The third-order valence-corrected chi connectivity index (χ3v) is 2.23. The van der Waals surface area contributed by atoms with Gasteiger partial charge in [-0.3, -0.25) is 0 Å². The first-order valence-corrected chi connectivity index (χ1v) is 4.93. The molecule has 1 atom stereocenters. The first-order chi connectivity index (χ1) is 6.74. The van der Waals surface area contributed by atoms with Gasteiger partial charge in [0.2, 0.25) is 0 Å². The molecule has 3 nitrogen and oxygen atoms in total. The third-order valence-electron chi connectivity index (χ3n) is 1.89. The summed E-state index contributed by atoms with van der Waals surface area (Å²) in [6, 6.07) is 4.16. The fraction of sp³-hybridized carbons (Fsp3) is 0.500. The van der Waals surface area contributed by atoms with Crippen LogP contribution in [-0.2, 0) is 11.3 Å². The summed E-state index contributed by atoms with van der Waals surface area (Å²) in [6.45, 7) is 3.48. The highest BCUT2D eigenvalue weighted by Crippen LogP contribution is 2.10. The van der Waals surface area contributed by atoms with Gasteiger partial charge in [0.25, 0.3) is 0 Å². The van der Waals surface area contributed by atoms with Crippen LogP contribution >= 0.6 is 24.0 Å². The molecular weight excluding hydrogens is 235 g/mol. The Labute approximate surface area is 102 Å². The highest BCUT2D eigenvalue weighted by atomic mass is 35.5. The molecule has 0 fully saturated rings. The Morgan fingerprint density at radius 3 is 2.93 bits per heavy atom. The maximum Gasteiger partial charge on any atom is 0.133 e. The Morgan fingerprint density at radius 2 is 2.33 bits per heavy atom. The summed E-state index contributed by atoms with van der Waals surface area (Å²) in [6.07, 6.45) is 1.68. The van der Waals surface area contributed by atoms with Crippen LogP contribution in [0, 0.1) is 0 Å². The monoisotopic (exact) mass is 250 g/mol. The van der Waals surface area contributed by atoms with Gasteiger partial charge in [-0.05, 0) is 13.0 Å². The van der Waals surface area contributed by atoms with Crippen molar-refractivity contribution in [2.24, 2.45) is 0 Å². The summed E-state index contributed by atoms with van der Waals surface area (Å²) >= 11 is 5.90. The van der Waals surface area contributed by atoms with E-state index in [-0.39, 0.29) is 12.4 Å². The van der Waals surface area contributed by atoms with Gasteiger partial charge in [-0.1, -0.05) is 17.7 Å². The minimum absolute atomic E-state index is 0. The quantitative estimate of drug-likeness (QED) is 0.815. The molecule has 1 aromatic heterocycles. The second-order valence-corrected chi connectivity index (χ2v) is 3.55. The molecule has 1 aromatic rings. The van der Waals surface area contributed by atoms with Crippen molar-refractivity contribution in [2.45, 2.75) is 19.5 Å². The lowest BCUT2D eigenvalue weighted by Crippen LogP contribution is -2.29. The van der Waals surface area contributed by atoms with Crippen LogP contribution in [0.1, 0.15) is 12.5 Å². The van der Waals surface area contributed by atoms with Crippen molar-refractivity contribution in [3.05, 3.63) is 29.0 Å². The number of hydrogen-bond acceptors (Lipinski definition) is 3. The molecule has 0 amide bonds. The number of ether oxygens (including phenoxy) is 1. The van der Waals surface area contributed by atoms with Crippen molar-refractivity contribution < 1.29 is 4.74 Å². The van der Waals surface area contributed by atoms with E-state index in [0.29, 0.717) is 17.8 Å². The number of halogens is 2. The Balaban J connectivity index is 0.00000196. The summed E-state index contributed by atoms with van der Waals surface area (Å²) in [4.78, 5) is 4.00. The number of hydrogen-bond donors (Lipinski definition) is 1. The van der Waals surface area contributed by atoms with E-state index >= 15 is 0 Å². The van der Waals surface area contributed by atoms with Crippen LogP contribution in [0.3, 0.4) is 0 Å². The van der Waals surface area contributed by atoms with Crippen LogP contribution in [0.25, 0.3) is 0 Å². The van der Waals surface area contributed by atoms with Crippen LogP contribution in [0.4, 0.5) is 0 Å². The van der Waals surface area contributed by atoms with E-state index in [1.165, 1.54) is 0 Å². The summed E-state index contributed by atoms with van der Waals surface area (Å²) in [7, 11) is 1.69. The SMILES string of the molecule is COCC(C)NCc1cccnc1Cl.Cl. The number of nitrogens with zero attached hydrogens (tertiary/aromatic N) is 1. The molecule has 1 N–H and O–H groups in total. The number of pyridine rings is 1. The highest BCUT2D eigenvalue weighted by Gasteiger charge is 2.03. The van der Waals surface area contributed by atoms with Gasteiger partial charge in [0.05, 0.1) is 6.61 Å². The lowest BCUT2D eigenvalue weighted by atomic mass is 10.2. The number of nitrogens with one attached hydrogen (secondary N) is 1. The Kier molecular flexibility index (Phi) is 7.70. The van der Waals surface area contributed by atoms with E-state index in [1.54, 1.807) is 13.3 Å². The summed E-state index contributed by atoms with van der Waals surface area (Å²) in [5.74, 6) is 0. The lowest BCUT2D eigenvalue weighted by molar-refractivity contribution is 0.171. The van der Waals surface area contributed by atoms with Gasteiger partial charge >= 0.3 is 0 Å². The van der Waals surface area contributed by atoms with Crippen molar-refractivity contribution in [1.82, 2.24) is 10.3 Å². The molecule has 0 saturated carbocycles. The minimum Gasteiger partial charge on any atom is -0.383 e. The van der Waals surface area contributed by atoms with Crippen LogP contribution in [-0.4, -0.2) is 24.7 Å². The standard InChI is InChI=1S/C10H15ClN2O.ClH/c1-8(7-14-2)13-6-9-4-3-5-12-10(9)11;/h3-5,8,13H,6-7H2,1-2H3;1H. The van der Waals surface area contributed by atoms with Crippen molar-refractivity contribution in [3.63, 3.8) is 0 Å². The van der Waals surface area contributed by atoms with Crippen LogP contribution < -0.4 is 5.32 Å². The lowest BCUT2D eigenvalue weighted by Gasteiger charge is -2.12. The van der Waals surface area contributed by atoms with Crippen molar-refractivity contribution in [3.8, 4) is 0 Å². The van der Waals surface area contributed by atoms with Gasteiger partial charge in [0.1, 0.15) is 5.15 Å². The van der Waals surface area contributed by atoms with Crippen LogP contribution in [0.5, 0.6) is 0 Å². The molecule has 1 unspecified atom stereocenters. The van der Waals surface area contributed by atoms with Gasteiger partial charge in [-0.15, -0.1) is 12.4 Å². The van der Waals surface area contributed by atoms with E-state index in [4.69, 9.17) is 16.3 Å². The second kappa shape index (κ2) is 7.88. The van der Waals surface area contributed by atoms with E-state index in [1.807, 2.05) is 12.1 Å². The fourth-order valence-electron chi connectivity index (χ4n) is 1.14. The molecule has 86 valence electrons. The maximum absolute atomic E-state index is 5.90. The Bertz CT molecular complexity index is 284. The van der Waals surface area contributed by atoms with Gasteiger partial charge in [0, 0.05) is 31.5 Å². The molecule has 0 bridgehead atoms. The van der Waals surface area contributed by atoms with Gasteiger partial charge in [-0.2, -0.15) is 0 Å². The molecule has 0 radical (unpaired) electrons. The molecule has 0 saturated heterocycles. The topological polar surface area (TPSA) is 34.1 Å². The van der Waals surface area contributed by atoms with Gasteiger partial charge < -0.3 is 10.1 Å². The van der Waals surface area contributed by atoms with Crippen LogP contribution in [0.2, 0.25) is 5.15 Å². The fourth-order valence-corrected chi connectivity index (χ4v) is 1.33. The minimum atomic E-state index is 0. The maximum atomic E-state index is 5.90. The Morgan fingerprint density at radius 1 is 1.60 bits per heavy atom. The molecule has 0 aliphatic carbocycles. The summed E-state index contributed by atoms with van der Waals surface area (Å²) < 4.78 is 5.01. The van der Waals surface area contributed by atoms with E-state index in [0.717, 1.165) is 12.1 Å². The van der Waals surface area contributed by atoms with Crippen molar-refractivity contribution in [1.29, 1.82) is 0 Å². The molecule has 0 aromatic carbocycles. The van der Waals surface area contributed by atoms with Crippen LogP contribution in [0.15, 0.2) is 18.3 Å². The third kappa shape index (κ3) is 5.33. The smallest absolute Gasteiger partial charge is 0.133 e.